The summed E-state index contributed by atoms with van der Waals surface area (Å²) in [6, 6.07) is 10.4. The molecule has 21 heavy (non-hydrogen) atoms. The van der Waals surface area contributed by atoms with Crippen LogP contribution in [0.4, 0.5) is 5.69 Å². The fourth-order valence-corrected chi connectivity index (χ4v) is 3.15. The quantitative estimate of drug-likeness (QED) is 0.855. The zero-order valence-electron chi connectivity index (χ0n) is 12.5. The van der Waals surface area contributed by atoms with Gasteiger partial charge in [-0.05, 0) is 31.4 Å². The summed E-state index contributed by atoms with van der Waals surface area (Å²) < 4.78 is 5.67. The molecule has 0 N–H and O–H groups in total. The largest absolute Gasteiger partial charge is 0.378 e. The van der Waals surface area contributed by atoms with Gasteiger partial charge in [0.1, 0.15) is 0 Å². The highest BCUT2D eigenvalue weighted by atomic mass is 16.5. The molecule has 2 fully saturated rings. The Labute approximate surface area is 126 Å². The Balaban J connectivity index is 1.47. The van der Waals surface area contributed by atoms with Crippen LogP contribution in [0, 0.1) is 0 Å². The molecule has 0 bridgehead atoms. The maximum Gasteiger partial charge on any atom is 0.225 e. The van der Waals surface area contributed by atoms with Crippen molar-refractivity contribution in [3.8, 4) is 0 Å². The number of rotatable bonds is 3. The van der Waals surface area contributed by atoms with Crippen LogP contribution in [0.5, 0.6) is 0 Å². The molecule has 0 aromatic heterocycles. The zero-order valence-corrected chi connectivity index (χ0v) is 12.5. The van der Waals surface area contributed by atoms with Gasteiger partial charge in [0.05, 0.1) is 12.5 Å². The molecule has 1 unspecified atom stereocenters. The lowest BCUT2D eigenvalue weighted by Gasteiger charge is -2.37. The first-order chi connectivity index (χ1) is 10.3. The van der Waals surface area contributed by atoms with Gasteiger partial charge in [-0.25, -0.2) is 0 Å². The number of hydrogen-bond acceptors (Lipinski definition) is 3. The summed E-state index contributed by atoms with van der Waals surface area (Å²) in [5.41, 5.74) is 1.25. The number of amides is 1. The number of para-hydroxylation sites is 1. The van der Waals surface area contributed by atoms with Gasteiger partial charge in [0, 0.05) is 38.5 Å². The van der Waals surface area contributed by atoms with Crippen LogP contribution in [0.25, 0.3) is 0 Å². The summed E-state index contributed by atoms with van der Waals surface area (Å²) in [6.45, 7) is 4.29. The third-order valence-corrected chi connectivity index (χ3v) is 4.43. The van der Waals surface area contributed by atoms with E-state index in [1.807, 2.05) is 11.0 Å². The van der Waals surface area contributed by atoms with Gasteiger partial charge in [-0.3, -0.25) is 4.79 Å². The number of benzene rings is 1. The molecule has 1 atom stereocenters. The summed E-state index contributed by atoms with van der Waals surface area (Å²) in [5.74, 6) is 0.259. The highest BCUT2D eigenvalue weighted by Crippen LogP contribution is 2.19. The predicted molar refractivity (Wildman–Crippen MR) is 83.4 cm³/mol. The maximum atomic E-state index is 12.3. The van der Waals surface area contributed by atoms with Crippen LogP contribution in [-0.4, -0.2) is 49.7 Å². The van der Waals surface area contributed by atoms with Gasteiger partial charge < -0.3 is 14.5 Å². The number of carbonyl (C=O) groups excluding carboxylic acids is 1. The number of piperazine rings is 1. The summed E-state index contributed by atoms with van der Waals surface area (Å²) in [4.78, 5) is 16.7. The van der Waals surface area contributed by atoms with Crippen molar-refractivity contribution >= 4 is 11.6 Å². The van der Waals surface area contributed by atoms with Crippen LogP contribution in [0.2, 0.25) is 0 Å². The molecule has 2 heterocycles. The second kappa shape index (κ2) is 6.94. The zero-order chi connectivity index (χ0) is 14.5. The van der Waals surface area contributed by atoms with E-state index in [0.717, 1.165) is 45.6 Å². The Hall–Kier alpha value is -1.55. The molecule has 1 amide bonds. The number of hydrogen-bond donors (Lipinski definition) is 0. The lowest BCUT2D eigenvalue weighted by atomic mass is 10.1. The summed E-state index contributed by atoms with van der Waals surface area (Å²) in [6.07, 6.45) is 4.08. The fourth-order valence-electron chi connectivity index (χ4n) is 3.15. The SMILES string of the molecule is O=C(CC1CCCCO1)N1CCN(c2ccccc2)CC1. The lowest BCUT2D eigenvalue weighted by Crippen LogP contribution is -2.49. The molecule has 1 aromatic carbocycles. The Kier molecular flexibility index (Phi) is 4.76. The smallest absolute Gasteiger partial charge is 0.225 e. The second-order valence-electron chi connectivity index (χ2n) is 5.90. The van der Waals surface area contributed by atoms with Crippen molar-refractivity contribution in [1.29, 1.82) is 0 Å². The van der Waals surface area contributed by atoms with E-state index in [1.54, 1.807) is 0 Å². The van der Waals surface area contributed by atoms with Gasteiger partial charge in [0.25, 0.3) is 0 Å². The monoisotopic (exact) mass is 288 g/mol. The Bertz CT molecular complexity index is 449. The van der Waals surface area contributed by atoms with E-state index in [0.29, 0.717) is 6.42 Å². The molecular weight excluding hydrogens is 264 g/mol. The highest BCUT2D eigenvalue weighted by Gasteiger charge is 2.24. The van der Waals surface area contributed by atoms with Crippen molar-refractivity contribution in [3.63, 3.8) is 0 Å². The van der Waals surface area contributed by atoms with Crippen LogP contribution in [0.3, 0.4) is 0 Å². The van der Waals surface area contributed by atoms with Gasteiger partial charge in [-0.1, -0.05) is 18.2 Å². The molecule has 2 aliphatic rings. The van der Waals surface area contributed by atoms with Crippen molar-refractivity contribution in [2.24, 2.45) is 0 Å². The second-order valence-corrected chi connectivity index (χ2v) is 5.90. The molecule has 2 saturated heterocycles. The lowest BCUT2D eigenvalue weighted by molar-refractivity contribution is -0.135. The van der Waals surface area contributed by atoms with Gasteiger partial charge >= 0.3 is 0 Å². The van der Waals surface area contributed by atoms with E-state index in [1.165, 1.54) is 12.1 Å². The van der Waals surface area contributed by atoms with E-state index in [-0.39, 0.29) is 12.0 Å². The molecular formula is C17H24N2O2. The maximum absolute atomic E-state index is 12.3. The van der Waals surface area contributed by atoms with E-state index in [2.05, 4.69) is 29.2 Å². The minimum absolute atomic E-state index is 0.151. The third kappa shape index (κ3) is 3.76. The molecule has 0 spiro atoms. The van der Waals surface area contributed by atoms with Crippen LogP contribution >= 0.6 is 0 Å². The fraction of sp³-hybridized carbons (Fsp3) is 0.588. The first-order valence-electron chi connectivity index (χ1n) is 8.02. The van der Waals surface area contributed by atoms with Gasteiger partial charge in [0.2, 0.25) is 5.91 Å². The molecule has 4 heteroatoms. The van der Waals surface area contributed by atoms with Crippen LogP contribution in [0.15, 0.2) is 30.3 Å². The predicted octanol–water partition coefficient (Wildman–Crippen LogP) is 2.29. The normalized spacial score (nSPS) is 23.1. The summed E-state index contributed by atoms with van der Waals surface area (Å²) in [7, 11) is 0. The van der Waals surface area contributed by atoms with Gasteiger partial charge in [0.15, 0.2) is 0 Å². The van der Waals surface area contributed by atoms with Gasteiger partial charge in [-0.2, -0.15) is 0 Å². The topological polar surface area (TPSA) is 32.8 Å². The Morgan fingerprint density at radius 2 is 1.86 bits per heavy atom. The molecule has 114 valence electrons. The van der Waals surface area contributed by atoms with E-state index >= 15 is 0 Å². The van der Waals surface area contributed by atoms with Crippen molar-refractivity contribution in [1.82, 2.24) is 4.90 Å². The van der Waals surface area contributed by atoms with Crippen LogP contribution in [0.1, 0.15) is 25.7 Å². The van der Waals surface area contributed by atoms with Gasteiger partial charge in [-0.15, -0.1) is 0 Å². The summed E-state index contributed by atoms with van der Waals surface area (Å²) in [5, 5.41) is 0. The number of anilines is 1. The minimum Gasteiger partial charge on any atom is -0.378 e. The minimum atomic E-state index is 0.151. The van der Waals surface area contributed by atoms with Crippen LogP contribution < -0.4 is 4.90 Å². The third-order valence-electron chi connectivity index (χ3n) is 4.43. The number of nitrogens with zero attached hydrogens (tertiary/aromatic N) is 2. The highest BCUT2D eigenvalue weighted by molar-refractivity contribution is 5.77. The molecule has 0 radical (unpaired) electrons. The first kappa shape index (κ1) is 14.4. The number of carbonyl (C=O) groups is 1. The molecule has 4 nitrogen and oxygen atoms in total. The molecule has 0 saturated carbocycles. The Morgan fingerprint density at radius 3 is 2.52 bits per heavy atom. The molecule has 0 aliphatic carbocycles. The van der Waals surface area contributed by atoms with Crippen LogP contribution in [-0.2, 0) is 9.53 Å². The standard InChI is InChI=1S/C17H24N2O2/c20-17(14-16-8-4-5-13-21-16)19-11-9-18(10-12-19)15-6-2-1-3-7-15/h1-3,6-7,16H,4-5,8-14H2. The van der Waals surface area contributed by atoms with Crippen molar-refractivity contribution < 1.29 is 9.53 Å². The van der Waals surface area contributed by atoms with Crippen molar-refractivity contribution in [3.05, 3.63) is 30.3 Å². The van der Waals surface area contributed by atoms with Crippen molar-refractivity contribution in [2.75, 3.05) is 37.7 Å². The van der Waals surface area contributed by atoms with E-state index in [4.69, 9.17) is 4.74 Å². The molecule has 1 aromatic rings. The first-order valence-corrected chi connectivity index (χ1v) is 8.02. The van der Waals surface area contributed by atoms with E-state index in [9.17, 15) is 4.79 Å². The average Bonchev–Trinajstić information content (AvgIpc) is 2.57. The van der Waals surface area contributed by atoms with Crippen molar-refractivity contribution in [2.45, 2.75) is 31.8 Å². The number of ether oxygens (including phenoxy) is 1. The Morgan fingerprint density at radius 1 is 1.10 bits per heavy atom. The average molecular weight is 288 g/mol. The van der Waals surface area contributed by atoms with E-state index < -0.39 is 0 Å². The summed E-state index contributed by atoms with van der Waals surface area (Å²) >= 11 is 0. The molecule has 3 rings (SSSR count). The molecule has 2 aliphatic heterocycles.